The minimum Gasteiger partial charge on any atom is -0.309 e. The lowest BCUT2D eigenvalue weighted by molar-refractivity contribution is -0.137. The van der Waals surface area contributed by atoms with Crippen LogP contribution in [0.15, 0.2) is 103 Å². The number of hydrogen-bond acceptors (Lipinski definition) is 1. The van der Waals surface area contributed by atoms with Crippen molar-refractivity contribution in [1.82, 2.24) is 9.13 Å². The summed E-state index contributed by atoms with van der Waals surface area (Å²) in [5.41, 5.74) is 9.44. The number of fused-ring (bicyclic) bond motifs is 6. The quantitative estimate of drug-likeness (QED) is 0.188. The van der Waals surface area contributed by atoms with Crippen LogP contribution in [0.3, 0.4) is 0 Å². The van der Waals surface area contributed by atoms with Crippen molar-refractivity contribution in [2.45, 2.75) is 40.8 Å². The molecule has 0 aliphatic heterocycles. The van der Waals surface area contributed by atoms with Gasteiger partial charge in [-0.2, -0.15) is 18.4 Å². The molecule has 8 aromatic rings. The number of rotatable bonds is 3. The molecule has 2 heterocycles. The van der Waals surface area contributed by atoms with Gasteiger partial charge in [-0.25, -0.2) is 0 Å². The van der Waals surface area contributed by atoms with E-state index in [0.29, 0.717) is 28.1 Å². The molecule has 8 rings (SSSR count). The van der Waals surface area contributed by atoms with Crippen LogP contribution in [0.25, 0.3) is 66.1 Å². The fourth-order valence-electron chi connectivity index (χ4n) is 7.40. The third kappa shape index (κ3) is 4.80. The fourth-order valence-corrected chi connectivity index (χ4v) is 7.40. The molecular weight excluding hydrogens is 615 g/mol. The van der Waals surface area contributed by atoms with Crippen molar-refractivity contribution in [3.63, 3.8) is 0 Å². The molecule has 0 spiro atoms. The van der Waals surface area contributed by atoms with E-state index >= 15 is 0 Å². The van der Waals surface area contributed by atoms with Crippen LogP contribution >= 0.6 is 0 Å². The number of hydrogen-bond donors (Lipinski definition) is 0. The number of nitrogens with zero attached hydrogens (tertiary/aromatic N) is 3. The van der Waals surface area contributed by atoms with Crippen LogP contribution in [-0.4, -0.2) is 9.13 Å². The van der Waals surface area contributed by atoms with Gasteiger partial charge in [-0.05, 0) is 107 Å². The molecule has 0 aliphatic carbocycles. The highest BCUT2D eigenvalue weighted by Gasteiger charge is 2.35. The Morgan fingerprint density at radius 3 is 1.27 bits per heavy atom. The second kappa shape index (κ2) is 10.9. The van der Waals surface area contributed by atoms with Gasteiger partial charge in [0.2, 0.25) is 0 Å². The molecule has 0 amide bonds. The van der Waals surface area contributed by atoms with E-state index in [1.54, 1.807) is 31.2 Å². The Labute approximate surface area is 282 Å². The Morgan fingerprint density at radius 1 is 0.469 bits per heavy atom. The predicted molar refractivity (Wildman–Crippen MR) is 194 cm³/mol. The van der Waals surface area contributed by atoms with Gasteiger partial charge in [0.05, 0.1) is 44.6 Å². The van der Waals surface area contributed by atoms with Crippen molar-refractivity contribution in [2.75, 3.05) is 0 Å². The van der Waals surface area contributed by atoms with Crippen LogP contribution in [0.1, 0.15) is 38.9 Å². The molecule has 0 radical (unpaired) electrons. The monoisotopic (exact) mass is 647 g/mol. The van der Waals surface area contributed by atoms with Crippen LogP contribution in [0.2, 0.25) is 0 Å². The van der Waals surface area contributed by atoms with E-state index in [4.69, 9.17) is 0 Å². The predicted octanol–water partition coefficient (Wildman–Crippen LogP) is 12.0. The standard InChI is InChI=1S/C43H32F3N3/c1-24-7-12-37-31(16-24)32-17-25(2)8-13-38(32)48(37)41-22-35(30-11-6-28(5)20-36(30)43(44,45)46)42(21-29(41)23-47)49-39-14-9-26(3)18-33(39)34-19-27(4)10-15-40(34)49/h6-22H,1-5H3. The Morgan fingerprint density at radius 2 is 0.857 bits per heavy atom. The average Bonchev–Trinajstić information content (AvgIpc) is 3.54. The zero-order chi connectivity index (χ0) is 34.4. The zero-order valence-electron chi connectivity index (χ0n) is 27.8. The Kier molecular flexibility index (Phi) is 6.77. The van der Waals surface area contributed by atoms with Gasteiger partial charge in [0.15, 0.2) is 0 Å². The molecule has 6 heteroatoms. The molecule has 0 atom stereocenters. The first kappa shape index (κ1) is 30.5. The fraction of sp³-hybridized carbons (Fsp3) is 0.140. The highest BCUT2D eigenvalue weighted by atomic mass is 19.4. The molecular formula is C43H32F3N3. The summed E-state index contributed by atoms with van der Waals surface area (Å²) in [5, 5.41) is 14.8. The molecule has 0 unspecified atom stereocenters. The molecule has 6 aromatic carbocycles. The minimum atomic E-state index is -4.61. The third-order valence-electron chi connectivity index (χ3n) is 9.64. The molecule has 0 bridgehead atoms. The lowest BCUT2D eigenvalue weighted by Crippen LogP contribution is -2.10. The summed E-state index contributed by atoms with van der Waals surface area (Å²) < 4.78 is 48.8. The number of aryl methyl sites for hydroxylation is 5. The average molecular weight is 648 g/mol. The summed E-state index contributed by atoms with van der Waals surface area (Å²) in [7, 11) is 0. The van der Waals surface area contributed by atoms with Crippen molar-refractivity contribution < 1.29 is 13.2 Å². The van der Waals surface area contributed by atoms with Gasteiger partial charge >= 0.3 is 6.18 Å². The summed E-state index contributed by atoms with van der Waals surface area (Å²) >= 11 is 0. The second-order valence-corrected chi connectivity index (χ2v) is 13.3. The van der Waals surface area contributed by atoms with Crippen LogP contribution < -0.4 is 0 Å². The second-order valence-electron chi connectivity index (χ2n) is 13.3. The summed E-state index contributed by atoms with van der Waals surface area (Å²) in [6.07, 6.45) is -4.61. The Balaban J connectivity index is 1.57. The molecule has 2 aromatic heterocycles. The molecule has 0 saturated carbocycles. The maximum atomic E-state index is 14.9. The van der Waals surface area contributed by atoms with Gasteiger partial charge in [-0.1, -0.05) is 64.2 Å². The molecule has 49 heavy (non-hydrogen) atoms. The van der Waals surface area contributed by atoms with E-state index in [0.717, 1.165) is 65.9 Å². The lowest BCUT2D eigenvalue weighted by Gasteiger charge is -2.21. The van der Waals surface area contributed by atoms with Crippen molar-refractivity contribution >= 4 is 43.6 Å². The lowest BCUT2D eigenvalue weighted by atomic mass is 9.93. The molecule has 0 N–H and O–H groups in total. The highest BCUT2D eigenvalue weighted by Crippen LogP contribution is 2.45. The molecule has 3 nitrogen and oxygen atoms in total. The van der Waals surface area contributed by atoms with Gasteiger partial charge < -0.3 is 9.13 Å². The van der Waals surface area contributed by atoms with Crippen LogP contribution in [0.4, 0.5) is 13.2 Å². The maximum absolute atomic E-state index is 14.9. The van der Waals surface area contributed by atoms with Crippen LogP contribution in [0, 0.1) is 45.9 Å². The Hall–Kier alpha value is -5.80. The van der Waals surface area contributed by atoms with E-state index < -0.39 is 11.7 Å². The van der Waals surface area contributed by atoms with Gasteiger partial charge in [-0.15, -0.1) is 0 Å². The number of alkyl halides is 3. The van der Waals surface area contributed by atoms with E-state index in [2.05, 4.69) is 30.3 Å². The van der Waals surface area contributed by atoms with Crippen molar-refractivity contribution in [1.29, 1.82) is 5.26 Å². The third-order valence-corrected chi connectivity index (χ3v) is 9.64. The smallest absolute Gasteiger partial charge is 0.309 e. The molecule has 240 valence electrons. The van der Waals surface area contributed by atoms with E-state index in [1.165, 1.54) is 6.07 Å². The first-order chi connectivity index (χ1) is 23.4. The SMILES string of the molecule is Cc1ccc(-c2cc(-n3c4ccc(C)cc4c4cc(C)ccc43)c(C#N)cc2-n2c3ccc(C)cc3c3cc(C)ccc32)c(C(F)(F)F)c1. The van der Waals surface area contributed by atoms with Gasteiger partial charge in [0.25, 0.3) is 0 Å². The van der Waals surface area contributed by atoms with Gasteiger partial charge in [-0.3, -0.25) is 0 Å². The largest absolute Gasteiger partial charge is 0.417 e. The normalized spacial score (nSPS) is 12.1. The summed E-state index contributed by atoms with van der Waals surface area (Å²) in [5.74, 6) is 0. The van der Waals surface area contributed by atoms with E-state index in [1.807, 2.05) is 85.4 Å². The molecule has 0 fully saturated rings. The first-order valence-electron chi connectivity index (χ1n) is 16.2. The number of aromatic nitrogens is 2. The van der Waals surface area contributed by atoms with Crippen molar-refractivity contribution in [2.24, 2.45) is 0 Å². The zero-order valence-corrected chi connectivity index (χ0v) is 27.8. The number of halogens is 3. The van der Waals surface area contributed by atoms with E-state index in [9.17, 15) is 18.4 Å². The molecule has 0 saturated heterocycles. The van der Waals surface area contributed by atoms with Crippen LogP contribution in [-0.2, 0) is 6.18 Å². The van der Waals surface area contributed by atoms with Crippen LogP contribution in [0.5, 0.6) is 0 Å². The van der Waals surface area contributed by atoms with Gasteiger partial charge in [0.1, 0.15) is 6.07 Å². The maximum Gasteiger partial charge on any atom is 0.417 e. The van der Waals surface area contributed by atoms with E-state index in [-0.39, 0.29) is 5.56 Å². The van der Waals surface area contributed by atoms with Crippen molar-refractivity contribution in [3.05, 3.63) is 142 Å². The molecule has 0 aliphatic rings. The Bertz CT molecular complexity index is 2600. The first-order valence-corrected chi connectivity index (χ1v) is 16.2. The number of nitriles is 1. The number of benzene rings is 6. The van der Waals surface area contributed by atoms with Crippen molar-refractivity contribution in [3.8, 4) is 28.6 Å². The summed E-state index contributed by atoms with van der Waals surface area (Å²) in [4.78, 5) is 0. The minimum absolute atomic E-state index is 0.0560. The van der Waals surface area contributed by atoms with Gasteiger partial charge in [0, 0.05) is 27.1 Å². The highest BCUT2D eigenvalue weighted by molar-refractivity contribution is 6.11. The topological polar surface area (TPSA) is 33.6 Å². The summed E-state index contributed by atoms with van der Waals surface area (Å²) in [6, 6.07) is 35.1. The summed E-state index contributed by atoms with van der Waals surface area (Å²) in [6.45, 7) is 9.81.